The van der Waals surface area contributed by atoms with E-state index < -0.39 is 52.7 Å². The molecule has 0 radical (unpaired) electrons. The van der Waals surface area contributed by atoms with Crippen LogP contribution >= 0.6 is 0 Å². The third kappa shape index (κ3) is 8.99. The summed E-state index contributed by atoms with van der Waals surface area (Å²) in [4.78, 5) is 0. The molecule has 0 bridgehead atoms. The van der Waals surface area contributed by atoms with E-state index in [-0.39, 0.29) is 58.4 Å². The van der Waals surface area contributed by atoms with E-state index in [9.17, 15) is 31.6 Å². The van der Waals surface area contributed by atoms with Crippen LogP contribution in [0.25, 0.3) is 120 Å². The predicted molar refractivity (Wildman–Crippen MR) is 315 cm³/mol. The first-order valence-electron chi connectivity index (χ1n) is 29.6. The number of para-hydroxylation sites is 2. The molecule has 0 fully saturated rings. The minimum absolute atomic E-state index is 0.0948. The number of benzene rings is 12. The summed E-state index contributed by atoms with van der Waals surface area (Å²) in [6, 6.07) is 47.9. The van der Waals surface area contributed by atoms with Gasteiger partial charge in [0.25, 0.3) is 0 Å². The van der Waals surface area contributed by atoms with E-state index in [0.29, 0.717) is 49.1 Å². The second-order valence-corrected chi connectivity index (χ2v) is 20.0. The fraction of sp³-hybridized carbons (Fsp3) is 0.0448. The van der Waals surface area contributed by atoms with E-state index in [1.807, 2.05) is 79.7 Å². The first-order valence-corrected chi connectivity index (χ1v) is 26.0. The van der Waals surface area contributed by atoms with Crippen molar-refractivity contribution in [3.8, 4) is 39.1 Å². The summed E-state index contributed by atoms with van der Waals surface area (Å²) in [5, 5.41) is 28.6. The van der Waals surface area contributed by atoms with Crippen molar-refractivity contribution in [1.29, 1.82) is 0 Å². The predicted octanol–water partition coefficient (Wildman–Crippen LogP) is 17.0. The Hall–Kier alpha value is -9.20. The van der Waals surface area contributed by atoms with E-state index in [1.54, 1.807) is 73.7 Å². The fourth-order valence-corrected chi connectivity index (χ4v) is 11.0. The summed E-state index contributed by atoms with van der Waals surface area (Å²) in [6.45, 7) is 3.82. The molecule has 0 saturated heterocycles. The Balaban J connectivity index is 0.000000136. The lowest BCUT2D eigenvalue weighted by Crippen LogP contribution is -2.31. The number of rotatable bonds is 6. The highest BCUT2D eigenvalue weighted by Gasteiger charge is 2.49. The van der Waals surface area contributed by atoms with Gasteiger partial charge in [-0.25, -0.2) is 0 Å². The number of aryl methyl sites for hydroxylation is 2. The molecule has 0 amide bonds. The number of hydrogen-bond acceptors (Lipinski definition) is 7. The van der Waals surface area contributed by atoms with E-state index >= 15 is 0 Å². The highest BCUT2D eigenvalue weighted by atomic mass is 32.2. The van der Waals surface area contributed by atoms with Crippen molar-refractivity contribution in [1.82, 2.24) is 0 Å². The number of halogens is 3. The standard InChI is InChI=1S/C33H22O.C20H15BO2.C14H9F3O4S/c1-21-11-9-19-28-32-27(18-10-20-29(32)34-33(21)28)31-25-16-7-5-14-23(25)30(22-12-3-2-4-13-22)24-15-6-8-17-26(24)31;22-21(23)20-17-12-6-4-10-15(17)19(14-8-2-1-3-9-14)16-11-5-7-13-18(16)20;1-8-4-2-5-9-12-10(20-13(8)9)6-3-7-11(12)21-22(18,19)14(15,16)17/h2-20H,1H3;1-13,22-23H;2-7H,1H3/i2D,3D,4D,12D,13D;1D,2D,3D,8D,9D;. The van der Waals surface area contributed by atoms with Crippen molar-refractivity contribution in [2.75, 3.05) is 0 Å². The van der Waals surface area contributed by atoms with Gasteiger partial charge in [-0.15, -0.1) is 0 Å². The Kier molecular flexibility index (Phi) is 10.3. The van der Waals surface area contributed by atoms with Crippen molar-refractivity contribution in [2.45, 2.75) is 19.4 Å². The van der Waals surface area contributed by atoms with E-state index in [4.69, 9.17) is 22.5 Å². The van der Waals surface area contributed by atoms with Crippen LogP contribution in [0.1, 0.15) is 24.8 Å². The quantitative estimate of drug-likeness (QED) is 0.0739. The third-order valence-electron chi connectivity index (χ3n) is 13.8. The molecule has 14 aromatic rings. The lowest BCUT2D eigenvalue weighted by atomic mass is 9.72. The Morgan fingerprint density at radius 3 is 1.27 bits per heavy atom. The van der Waals surface area contributed by atoms with Crippen LogP contribution < -0.4 is 9.65 Å². The van der Waals surface area contributed by atoms with Crippen LogP contribution in [0.2, 0.25) is 0 Å². The topological polar surface area (TPSA) is 110 Å². The van der Waals surface area contributed by atoms with E-state index in [2.05, 4.69) is 16.3 Å². The second-order valence-electron chi connectivity index (χ2n) is 18.5. The number of alkyl halides is 3. The summed E-state index contributed by atoms with van der Waals surface area (Å²) in [5.74, 6) is -0.417. The number of fused-ring (bicyclic) bond motifs is 10. The highest BCUT2D eigenvalue weighted by Crippen LogP contribution is 2.47. The Morgan fingerprint density at radius 1 is 0.456 bits per heavy atom. The van der Waals surface area contributed by atoms with Gasteiger partial charge >= 0.3 is 22.7 Å². The molecule has 0 spiro atoms. The van der Waals surface area contributed by atoms with Gasteiger partial charge in [0, 0.05) is 16.2 Å². The van der Waals surface area contributed by atoms with Crippen molar-refractivity contribution in [3.63, 3.8) is 0 Å². The second kappa shape index (κ2) is 20.3. The largest absolute Gasteiger partial charge is 0.534 e. The zero-order valence-corrected chi connectivity index (χ0v) is 42.5. The lowest BCUT2D eigenvalue weighted by molar-refractivity contribution is -0.0499. The molecule has 0 aliphatic rings. The van der Waals surface area contributed by atoms with Crippen molar-refractivity contribution >= 4 is 110 Å². The van der Waals surface area contributed by atoms with Gasteiger partial charge in [-0.2, -0.15) is 21.6 Å². The molecule has 386 valence electrons. The zero-order chi connectivity index (χ0) is 63.3. The smallest absolute Gasteiger partial charge is 0.456 e. The molecule has 2 heterocycles. The molecule has 0 saturated carbocycles. The molecule has 79 heavy (non-hydrogen) atoms. The van der Waals surface area contributed by atoms with Crippen LogP contribution in [0.3, 0.4) is 0 Å². The Bertz CT molecular complexity index is 5230. The molecule has 2 N–H and O–H groups in total. The summed E-state index contributed by atoms with van der Waals surface area (Å²) in [7, 11) is -7.46. The van der Waals surface area contributed by atoms with Gasteiger partial charge in [-0.05, 0) is 125 Å². The van der Waals surface area contributed by atoms with Crippen molar-refractivity contribution in [3.05, 3.63) is 241 Å². The van der Waals surface area contributed by atoms with Gasteiger partial charge in [0.05, 0.1) is 19.1 Å². The van der Waals surface area contributed by atoms with Crippen LogP contribution in [0.15, 0.2) is 239 Å². The molecule has 0 aliphatic heterocycles. The zero-order valence-electron chi connectivity index (χ0n) is 51.7. The highest BCUT2D eigenvalue weighted by molar-refractivity contribution is 7.88. The monoisotopic (exact) mass is 1070 g/mol. The summed E-state index contributed by atoms with van der Waals surface area (Å²) >= 11 is 0. The Morgan fingerprint density at radius 2 is 0.823 bits per heavy atom. The number of hydrogen-bond donors (Lipinski definition) is 2. The minimum Gasteiger partial charge on any atom is -0.456 e. The summed E-state index contributed by atoms with van der Waals surface area (Å²) in [6.07, 6.45) is 0. The van der Waals surface area contributed by atoms with Crippen molar-refractivity contribution < 1.29 is 58.4 Å². The van der Waals surface area contributed by atoms with Gasteiger partial charge < -0.3 is 23.1 Å². The average molecular weight is 1070 g/mol. The van der Waals surface area contributed by atoms with Crippen molar-refractivity contribution in [2.24, 2.45) is 0 Å². The normalized spacial score (nSPS) is 13.6. The van der Waals surface area contributed by atoms with Crippen LogP contribution in [0.4, 0.5) is 13.2 Å². The Labute approximate surface area is 466 Å². The maximum atomic E-state index is 12.5. The number of furan rings is 2. The van der Waals surface area contributed by atoms with E-state index in [1.165, 1.54) is 12.1 Å². The van der Waals surface area contributed by atoms with Gasteiger partial charge in [0.1, 0.15) is 22.3 Å². The molecule has 0 atom stereocenters. The molecular weight excluding hydrogens is 1020 g/mol. The third-order valence-corrected chi connectivity index (χ3v) is 14.8. The summed E-state index contributed by atoms with van der Waals surface area (Å²) < 4.78 is 159. The van der Waals surface area contributed by atoms with E-state index in [0.717, 1.165) is 71.8 Å². The first kappa shape index (κ1) is 40.1. The molecule has 12 heteroatoms. The lowest BCUT2D eigenvalue weighted by Gasteiger charge is -2.18. The molecule has 7 nitrogen and oxygen atoms in total. The van der Waals surface area contributed by atoms with Gasteiger partial charge in [-0.1, -0.05) is 212 Å². The van der Waals surface area contributed by atoms with Crippen LogP contribution in [0.5, 0.6) is 5.75 Å². The fourth-order valence-electron chi connectivity index (χ4n) is 10.5. The minimum atomic E-state index is -5.74. The SMILES string of the molecule is Cc1cccc2c1oc1cccc(OS(=O)(=O)C(F)(F)F)c12.[2H]c1c([2H])c([2H])c(-c2c3ccccc3c(-c3cccc4oc5c(C)cccc5c34)c3ccccc23)c([2H])c1[2H].[2H]c1c([2H])c([2H])c(-c2c3ccccc3c(B(O)O)c3ccccc23)c([2H])c1[2H]. The maximum absolute atomic E-state index is 12.5. The first-order chi connectivity index (χ1) is 42.4. The molecule has 14 rings (SSSR count). The maximum Gasteiger partial charge on any atom is 0.534 e. The van der Waals surface area contributed by atoms with Gasteiger partial charge in [0.2, 0.25) is 0 Å². The molecular formula is C67H46BF3O7S. The molecule has 0 aliphatic carbocycles. The molecule has 12 aromatic carbocycles. The van der Waals surface area contributed by atoms with Crippen LogP contribution in [-0.4, -0.2) is 31.1 Å². The van der Waals surface area contributed by atoms with Crippen LogP contribution in [0, 0.1) is 13.8 Å². The van der Waals surface area contributed by atoms with Gasteiger partial charge in [-0.3, -0.25) is 0 Å². The average Bonchev–Trinajstić information content (AvgIpc) is 1.46. The summed E-state index contributed by atoms with van der Waals surface area (Å²) in [5.41, 5.74) is 2.53. The van der Waals surface area contributed by atoms with Gasteiger partial charge in [0.15, 0.2) is 5.75 Å². The van der Waals surface area contributed by atoms with Crippen LogP contribution in [-0.2, 0) is 10.1 Å². The molecule has 2 aromatic heterocycles. The molecule has 0 unspecified atom stereocenters.